The summed E-state index contributed by atoms with van der Waals surface area (Å²) in [5, 5.41) is 8.57. The monoisotopic (exact) mass is 272 g/mol. The summed E-state index contributed by atoms with van der Waals surface area (Å²) < 4.78 is 26.5. The third-order valence-corrected chi connectivity index (χ3v) is 2.64. The van der Waals surface area contributed by atoms with Crippen LogP contribution in [0, 0.1) is 18.6 Å². The number of aromatic nitrogens is 2. The van der Waals surface area contributed by atoms with Gasteiger partial charge in [-0.25, -0.2) is 18.6 Å². The fraction of sp³-hybridized carbons (Fsp3) is 0.0909. The molecule has 1 heterocycles. The third-order valence-electron chi connectivity index (χ3n) is 2.35. The number of H-pyrrole nitrogens is 1. The number of imidazole rings is 1. The highest BCUT2D eigenvalue weighted by molar-refractivity contribution is 6.31. The van der Waals surface area contributed by atoms with Gasteiger partial charge in [-0.2, -0.15) is 0 Å². The van der Waals surface area contributed by atoms with Crippen molar-refractivity contribution < 1.29 is 18.7 Å². The number of carbonyl (C=O) groups is 1. The Morgan fingerprint density at radius 3 is 2.61 bits per heavy atom. The molecule has 0 bridgehead atoms. The lowest BCUT2D eigenvalue weighted by Gasteiger charge is -2.01. The molecule has 0 unspecified atom stereocenters. The van der Waals surface area contributed by atoms with Crippen LogP contribution in [-0.2, 0) is 0 Å². The van der Waals surface area contributed by atoms with E-state index in [0.29, 0.717) is 6.07 Å². The van der Waals surface area contributed by atoms with Gasteiger partial charge in [0.1, 0.15) is 17.5 Å². The highest BCUT2D eigenvalue weighted by Crippen LogP contribution is 2.27. The van der Waals surface area contributed by atoms with Crippen molar-refractivity contribution in [1.29, 1.82) is 0 Å². The molecule has 0 atom stereocenters. The van der Waals surface area contributed by atoms with Crippen molar-refractivity contribution in [3.05, 3.63) is 40.2 Å². The van der Waals surface area contributed by atoms with Crippen LogP contribution in [0.15, 0.2) is 12.1 Å². The second-order valence-electron chi connectivity index (χ2n) is 3.61. The van der Waals surface area contributed by atoms with Crippen LogP contribution in [0.4, 0.5) is 8.78 Å². The average molecular weight is 273 g/mol. The predicted octanol–water partition coefficient (Wildman–Crippen LogP) is 3.01. The molecular weight excluding hydrogens is 266 g/mol. The molecule has 2 aromatic rings. The smallest absolute Gasteiger partial charge is 0.356 e. The molecule has 0 aliphatic rings. The SMILES string of the molecule is Cc1[nH]c(-c2cc(Cl)c(F)cc2F)nc1C(=O)O. The summed E-state index contributed by atoms with van der Waals surface area (Å²) in [6.45, 7) is 1.49. The standard InChI is InChI=1S/C11H7ClF2N2O2/c1-4-9(11(17)18)16-10(15-4)5-2-6(12)8(14)3-7(5)13/h2-3H,1H3,(H,15,16)(H,17,18). The normalized spacial score (nSPS) is 10.7. The van der Waals surface area contributed by atoms with Crippen molar-refractivity contribution in [2.24, 2.45) is 0 Å². The molecule has 0 saturated heterocycles. The van der Waals surface area contributed by atoms with Gasteiger partial charge in [-0.15, -0.1) is 0 Å². The van der Waals surface area contributed by atoms with E-state index in [1.807, 2.05) is 0 Å². The summed E-state index contributed by atoms with van der Waals surface area (Å²) in [5.74, 6) is -3.00. The van der Waals surface area contributed by atoms with Crippen LogP contribution in [0.3, 0.4) is 0 Å². The van der Waals surface area contributed by atoms with Gasteiger partial charge in [0.05, 0.1) is 10.6 Å². The van der Waals surface area contributed by atoms with Crippen molar-refractivity contribution in [2.75, 3.05) is 0 Å². The number of carboxylic acid groups (broad SMARTS) is 1. The van der Waals surface area contributed by atoms with Gasteiger partial charge in [0.15, 0.2) is 5.69 Å². The Bertz CT molecular complexity index is 640. The summed E-state index contributed by atoms with van der Waals surface area (Å²) in [4.78, 5) is 17.2. The van der Waals surface area contributed by atoms with Gasteiger partial charge < -0.3 is 10.1 Å². The molecular formula is C11H7ClF2N2O2. The first-order valence-electron chi connectivity index (χ1n) is 4.85. The fourth-order valence-electron chi connectivity index (χ4n) is 1.50. The number of nitrogens with zero attached hydrogens (tertiary/aromatic N) is 1. The molecule has 1 aromatic carbocycles. The molecule has 94 valence electrons. The second-order valence-corrected chi connectivity index (χ2v) is 4.02. The van der Waals surface area contributed by atoms with E-state index in [1.165, 1.54) is 6.92 Å². The van der Waals surface area contributed by atoms with E-state index < -0.39 is 17.6 Å². The largest absolute Gasteiger partial charge is 0.476 e. The predicted molar refractivity (Wildman–Crippen MR) is 60.6 cm³/mol. The molecule has 0 spiro atoms. The van der Waals surface area contributed by atoms with Gasteiger partial charge in [-0.05, 0) is 13.0 Å². The molecule has 0 fully saturated rings. The zero-order valence-corrected chi connectivity index (χ0v) is 9.85. The highest BCUT2D eigenvalue weighted by atomic mass is 35.5. The molecule has 0 aliphatic heterocycles. The van der Waals surface area contributed by atoms with E-state index in [1.54, 1.807) is 0 Å². The maximum absolute atomic E-state index is 13.6. The highest BCUT2D eigenvalue weighted by Gasteiger charge is 2.18. The van der Waals surface area contributed by atoms with Crippen LogP contribution in [0.2, 0.25) is 5.02 Å². The Morgan fingerprint density at radius 2 is 2.06 bits per heavy atom. The lowest BCUT2D eigenvalue weighted by Crippen LogP contribution is -1.98. The number of rotatable bonds is 2. The fourth-order valence-corrected chi connectivity index (χ4v) is 1.66. The average Bonchev–Trinajstić information content (AvgIpc) is 2.65. The molecule has 4 nitrogen and oxygen atoms in total. The lowest BCUT2D eigenvalue weighted by atomic mass is 10.2. The van der Waals surface area contributed by atoms with Crippen molar-refractivity contribution >= 4 is 17.6 Å². The van der Waals surface area contributed by atoms with Crippen LogP contribution in [0.1, 0.15) is 16.2 Å². The maximum Gasteiger partial charge on any atom is 0.356 e. The van der Waals surface area contributed by atoms with Gasteiger partial charge in [0.2, 0.25) is 0 Å². The van der Waals surface area contributed by atoms with Crippen LogP contribution in [0.25, 0.3) is 11.4 Å². The number of hydrogen-bond acceptors (Lipinski definition) is 2. The Balaban J connectivity index is 2.59. The summed E-state index contributed by atoms with van der Waals surface area (Å²) in [5.41, 5.74) is -0.0285. The minimum Gasteiger partial charge on any atom is -0.476 e. The first kappa shape index (κ1) is 12.5. The van der Waals surface area contributed by atoms with Gasteiger partial charge >= 0.3 is 5.97 Å². The molecule has 0 amide bonds. The topological polar surface area (TPSA) is 66.0 Å². The number of carboxylic acids is 1. The van der Waals surface area contributed by atoms with E-state index in [-0.39, 0.29) is 27.8 Å². The third kappa shape index (κ3) is 2.06. The summed E-state index contributed by atoms with van der Waals surface area (Å²) in [7, 11) is 0. The van der Waals surface area contributed by atoms with Crippen molar-refractivity contribution in [2.45, 2.75) is 6.92 Å². The number of nitrogens with one attached hydrogen (secondary N) is 1. The molecule has 0 radical (unpaired) electrons. The maximum atomic E-state index is 13.6. The minimum absolute atomic E-state index is 0.00991. The number of aromatic carboxylic acids is 1. The number of aryl methyl sites for hydroxylation is 1. The second kappa shape index (κ2) is 4.38. The molecule has 1 aromatic heterocycles. The number of hydrogen-bond donors (Lipinski definition) is 2. The van der Waals surface area contributed by atoms with Crippen molar-refractivity contribution in [3.8, 4) is 11.4 Å². The number of aromatic amines is 1. The number of halogens is 3. The Morgan fingerprint density at radius 1 is 1.39 bits per heavy atom. The first-order valence-corrected chi connectivity index (χ1v) is 5.22. The van der Waals surface area contributed by atoms with E-state index in [4.69, 9.17) is 16.7 Å². The van der Waals surface area contributed by atoms with E-state index in [2.05, 4.69) is 9.97 Å². The van der Waals surface area contributed by atoms with E-state index in [9.17, 15) is 13.6 Å². The Kier molecular flexibility index (Phi) is 3.04. The van der Waals surface area contributed by atoms with E-state index in [0.717, 1.165) is 6.07 Å². The summed E-state index contributed by atoms with van der Waals surface area (Å²) >= 11 is 5.55. The summed E-state index contributed by atoms with van der Waals surface area (Å²) in [6, 6.07) is 1.67. The lowest BCUT2D eigenvalue weighted by molar-refractivity contribution is 0.0690. The van der Waals surface area contributed by atoms with Gasteiger partial charge in [0.25, 0.3) is 0 Å². The van der Waals surface area contributed by atoms with Crippen molar-refractivity contribution in [1.82, 2.24) is 9.97 Å². The first-order chi connectivity index (χ1) is 8.40. The van der Waals surface area contributed by atoms with Crippen LogP contribution >= 0.6 is 11.6 Å². The summed E-state index contributed by atoms with van der Waals surface area (Å²) in [6.07, 6.45) is 0. The molecule has 2 N–H and O–H groups in total. The van der Waals surface area contributed by atoms with E-state index >= 15 is 0 Å². The zero-order chi connectivity index (χ0) is 13.4. The molecule has 18 heavy (non-hydrogen) atoms. The molecule has 2 rings (SSSR count). The zero-order valence-electron chi connectivity index (χ0n) is 9.09. The van der Waals surface area contributed by atoms with Crippen molar-refractivity contribution in [3.63, 3.8) is 0 Å². The Hall–Kier alpha value is -1.95. The minimum atomic E-state index is -1.23. The number of benzene rings is 1. The van der Waals surface area contributed by atoms with Gasteiger partial charge in [-0.3, -0.25) is 0 Å². The van der Waals surface area contributed by atoms with Crippen LogP contribution in [-0.4, -0.2) is 21.0 Å². The Labute approximate surface area is 105 Å². The molecule has 0 aliphatic carbocycles. The van der Waals surface area contributed by atoms with Gasteiger partial charge in [-0.1, -0.05) is 11.6 Å². The van der Waals surface area contributed by atoms with Crippen LogP contribution < -0.4 is 0 Å². The van der Waals surface area contributed by atoms with Crippen LogP contribution in [0.5, 0.6) is 0 Å². The molecule has 7 heteroatoms. The quantitative estimate of drug-likeness (QED) is 0.826. The molecule has 0 saturated carbocycles. The van der Waals surface area contributed by atoms with Gasteiger partial charge in [0, 0.05) is 11.8 Å².